The molecule has 0 radical (unpaired) electrons. The Labute approximate surface area is 152 Å². The maximum Gasteiger partial charge on any atom is 0.320 e. The van der Waals surface area contributed by atoms with E-state index in [1.54, 1.807) is 13.3 Å². The lowest BCUT2D eigenvalue weighted by molar-refractivity contribution is -0.0370. The Morgan fingerprint density at radius 3 is 2.88 bits per heavy atom. The van der Waals surface area contributed by atoms with Crippen molar-refractivity contribution in [2.75, 3.05) is 25.6 Å². The van der Waals surface area contributed by atoms with Gasteiger partial charge in [-0.25, -0.2) is 4.68 Å². The number of hydrogen-bond acceptors (Lipinski definition) is 6. The number of fused-ring (bicyclic) bond motifs is 1. The highest BCUT2D eigenvalue weighted by Crippen LogP contribution is 2.29. The summed E-state index contributed by atoms with van der Waals surface area (Å²) in [6.07, 6.45) is 5.82. The first kappa shape index (κ1) is 16.8. The van der Waals surface area contributed by atoms with Crippen molar-refractivity contribution in [3.8, 4) is 6.01 Å². The van der Waals surface area contributed by atoms with Crippen LogP contribution >= 0.6 is 0 Å². The number of ether oxygens (including phenoxy) is 2. The van der Waals surface area contributed by atoms with Crippen LogP contribution in [0.2, 0.25) is 0 Å². The van der Waals surface area contributed by atoms with Crippen molar-refractivity contribution < 1.29 is 9.47 Å². The summed E-state index contributed by atoms with van der Waals surface area (Å²) in [5, 5.41) is 8.80. The molecule has 136 valence electrons. The van der Waals surface area contributed by atoms with E-state index in [0.717, 1.165) is 55.7 Å². The average Bonchev–Trinajstić information content (AvgIpc) is 3.13. The van der Waals surface area contributed by atoms with Crippen LogP contribution in [-0.4, -0.2) is 40.0 Å². The Hall–Kier alpha value is -2.67. The number of nitrogens with zero attached hydrogens (tertiary/aromatic N) is 4. The Kier molecular flexibility index (Phi) is 4.97. The first-order chi connectivity index (χ1) is 12.8. The van der Waals surface area contributed by atoms with Crippen LogP contribution < -0.4 is 10.1 Å². The molecule has 3 aromatic rings. The number of nitrogens with one attached hydrogen (secondary N) is 1. The fourth-order valence-corrected chi connectivity index (χ4v) is 3.23. The van der Waals surface area contributed by atoms with Gasteiger partial charge >= 0.3 is 6.01 Å². The quantitative estimate of drug-likeness (QED) is 0.734. The topological polar surface area (TPSA) is 74.1 Å². The van der Waals surface area contributed by atoms with Gasteiger partial charge in [0, 0.05) is 13.2 Å². The molecule has 0 saturated carbocycles. The first-order valence-corrected chi connectivity index (χ1v) is 9.04. The summed E-state index contributed by atoms with van der Waals surface area (Å²) in [4.78, 5) is 8.97. The lowest BCUT2D eigenvalue weighted by Crippen LogP contribution is -2.19. The third kappa shape index (κ3) is 3.48. The number of aromatic nitrogens is 4. The highest BCUT2D eigenvalue weighted by molar-refractivity contribution is 5.86. The number of benzene rings is 1. The molecule has 1 saturated heterocycles. The van der Waals surface area contributed by atoms with Crippen molar-refractivity contribution in [1.82, 2.24) is 19.7 Å². The molecule has 1 aromatic carbocycles. The molecule has 1 fully saturated rings. The molecule has 7 nitrogen and oxygen atoms in total. The zero-order valence-corrected chi connectivity index (χ0v) is 14.9. The smallest absolute Gasteiger partial charge is 0.320 e. The van der Waals surface area contributed by atoms with Gasteiger partial charge in [-0.2, -0.15) is 15.1 Å². The fraction of sp³-hybridized carbons (Fsp3) is 0.421. The predicted molar refractivity (Wildman–Crippen MR) is 99.4 cm³/mol. The highest BCUT2D eigenvalue weighted by atomic mass is 16.5. The van der Waals surface area contributed by atoms with Gasteiger partial charge < -0.3 is 14.8 Å². The summed E-state index contributed by atoms with van der Waals surface area (Å²) in [5.74, 6) is 0.741. The molecular weight excluding hydrogens is 330 g/mol. The minimum Gasteiger partial charge on any atom is -0.467 e. The summed E-state index contributed by atoms with van der Waals surface area (Å²) in [6.45, 7) is 1.53. The maximum absolute atomic E-state index is 5.86. The van der Waals surface area contributed by atoms with E-state index < -0.39 is 0 Å². The van der Waals surface area contributed by atoms with Gasteiger partial charge in [0.15, 0.2) is 11.9 Å². The zero-order valence-electron chi connectivity index (χ0n) is 14.9. The van der Waals surface area contributed by atoms with Crippen LogP contribution in [0.5, 0.6) is 6.01 Å². The standard InChI is InChI=1S/C19H23N5O2/c1-25-19-22-17(20-11-10-14-7-3-2-4-8-14)15-13-21-24(18(15)23-19)16-9-5-6-12-26-16/h2-4,7-8,13,16H,5-6,9-12H2,1H3,(H,20,22,23). The summed E-state index contributed by atoms with van der Waals surface area (Å²) < 4.78 is 13.0. The molecule has 0 spiro atoms. The van der Waals surface area contributed by atoms with E-state index in [2.05, 4.69) is 44.6 Å². The van der Waals surface area contributed by atoms with Gasteiger partial charge in [-0.05, 0) is 31.2 Å². The van der Waals surface area contributed by atoms with Crippen LogP contribution in [0.3, 0.4) is 0 Å². The van der Waals surface area contributed by atoms with Gasteiger partial charge in [0.05, 0.1) is 18.7 Å². The number of hydrogen-bond donors (Lipinski definition) is 1. The second-order valence-electron chi connectivity index (χ2n) is 6.37. The van der Waals surface area contributed by atoms with Gasteiger partial charge in [0.2, 0.25) is 0 Å². The Bertz CT molecular complexity index is 859. The van der Waals surface area contributed by atoms with Gasteiger partial charge in [-0.3, -0.25) is 0 Å². The van der Waals surface area contributed by atoms with E-state index in [1.807, 2.05) is 10.7 Å². The molecule has 0 bridgehead atoms. The van der Waals surface area contributed by atoms with E-state index >= 15 is 0 Å². The lowest BCUT2D eigenvalue weighted by atomic mass is 10.1. The molecule has 2 aromatic heterocycles. The van der Waals surface area contributed by atoms with Crippen molar-refractivity contribution in [1.29, 1.82) is 0 Å². The van der Waals surface area contributed by atoms with Crippen LogP contribution in [0.15, 0.2) is 36.5 Å². The van der Waals surface area contributed by atoms with Crippen LogP contribution in [0.1, 0.15) is 31.1 Å². The molecule has 4 rings (SSSR count). The summed E-state index contributed by atoms with van der Waals surface area (Å²) in [7, 11) is 1.58. The molecule has 3 heterocycles. The summed E-state index contributed by atoms with van der Waals surface area (Å²) in [6, 6.07) is 10.7. The van der Waals surface area contributed by atoms with E-state index in [4.69, 9.17) is 9.47 Å². The SMILES string of the molecule is COc1nc(NCCc2ccccc2)c2cnn(C3CCCCO3)c2n1. The minimum atomic E-state index is -0.0713. The largest absolute Gasteiger partial charge is 0.467 e. The summed E-state index contributed by atoms with van der Waals surface area (Å²) >= 11 is 0. The lowest BCUT2D eigenvalue weighted by Gasteiger charge is -2.23. The minimum absolute atomic E-state index is 0.0713. The fourth-order valence-electron chi connectivity index (χ4n) is 3.23. The van der Waals surface area contributed by atoms with Crippen LogP contribution in [-0.2, 0) is 11.2 Å². The van der Waals surface area contributed by atoms with Crippen LogP contribution in [0.25, 0.3) is 11.0 Å². The molecule has 7 heteroatoms. The summed E-state index contributed by atoms with van der Waals surface area (Å²) in [5.41, 5.74) is 2.02. The normalized spacial score (nSPS) is 17.3. The van der Waals surface area contributed by atoms with E-state index in [0.29, 0.717) is 6.01 Å². The van der Waals surface area contributed by atoms with Gasteiger partial charge in [0.25, 0.3) is 0 Å². The zero-order chi connectivity index (χ0) is 17.8. The van der Waals surface area contributed by atoms with E-state index in [9.17, 15) is 0 Å². The maximum atomic E-state index is 5.86. The van der Waals surface area contributed by atoms with E-state index in [1.165, 1.54) is 5.56 Å². The van der Waals surface area contributed by atoms with Crippen molar-refractivity contribution in [3.05, 3.63) is 42.1 Å². The average molecular weight is 353 g/mol. The first-order valence-electron chi connectivity index (χ1n) is 9.04. The molecule has 0 amide bonds. The van der Waals surface area contributed by atoms with Crippen molar-refractivity contribution >= 4 is 16.9 Å². The van der Waals surface area contributed by atoms with Gasteiger partial charge in [-0.1, -0.05) is 30.3 Å². The molecule has 1 aliphatic heterocycles. The molecule has 1 N–H and O–H groups in total. The molecule has 1 aliphatic rings. The highest BCUT2D eigenvalue weighted by Gasteiger charge is 2.21. The van der Waals surface area contributed by atoms with Crippen molar-refractivity contribution in [3.63, 3.8) is 0 Å². The second kappa shape index (κ2) is 7.70. The third-order valence-electron chi connectivity index (χ3n) is 4.59. The third-order valence-corrected chi connectivity index (χ3v) is 4.59. The van der Waals surface area contributed by atoms with Gasteiger partial charge in [0.1, 0.15) is 5.82 Å². The second-order valence-corrected chi connectivity index (χ2v) is 6.37. The van der Waals surface area contributed by atoms with Crippen LogP contribution in [0.4, 0.5) is 5.82 Å². The van der Waals surface area contributed by atoms with Gasteiger partial charge in [-0.15, -0.1) is 0 Å². The number of methoxy groups -OCH3 is 1. The molecule has 1 unspecified atom stereocenters. The van der Waals surface area contributed by atoms with Crippen LogP contribution in [0, 0.1) is 0 Å². The molecular formula is C19H23N5O2. The van der Waals surface area contributed by atoms with Crippen molar-refractivity contribution in [2.45, 2.75) is 31.9 Å². The Balaban J connectivity index is 1.58. The number of anilines is 1. The molecule has 0 aliphatic carbocycles. The molecule has 26 heavy (non-hydrogen) atoms. The number of rotatable bonds is 6. The molecule has 1 atom stereocenters. The Morgan fingerprint density at radius 2 is 2.12 bits per heavy atom. The predicted octanol–water partition coefficient (Wildman–Crippen LogP) is 3.19. The Morgan fingerprint density at radius 1 is 1.23 bits per heavy atom. The van der Waals surface area contributed by atoms with Crippen molar-refractivity contribution in [2.24, 2.45) is 0 Å². The monoisotopic (exact) mass is 353 g/mol. The van der Waals surface area contributed by atoms with E-state index in [-0.39, 0.29) is 6.23 Å².